The Morgan fingerprint density at radius 1 is 1.44 bits per heavy atom. The van der Waals surface area contributed by atoms with Crippen LogP contribution in [0.15, 0.2) is 41.7 Å². The summed E-state index contributed by atoms with van der Waals surface area (Å²) in [6.45, 7) is 1.36. The van der Waals surface area contributed by atoms with Gasteiger partial charge in [-0.05, 0) is 24.3 Å². The molecule has 0 spiro atoms. The molecule has 0 saturated heterocycles. The number of anilines is 1. The van der Waals surface area contributed by atoms with Gasteiger partial charge in [-0.1, -0.05) is 0 Å². The second-order valence-corrected chi connectivity index (χ2v) is 4.70. The SMILES string of the molecule is CC(=O)On1cncc1CSc1ccc(N)cc1. The Kier molecular flexibility index (Phi) is 3.88. The number of hydrogen-bond donors (Lipinski definition) is 1. The maximum Gasteiger partial charge on any atom is 0.329 e. The van der Waals surface area contributed by atoms with Gasteiger partial charge in [0.2, 0.25) is 0 Å². The molecule has 6 heteroatoms. The summed E-state index contributed by atoms with van der Waals surface area (Å²) >= 11 is 1.62. The van der Waals surface area contributed by atoms with Gasteiger partial charge in [-0.3, -0.25) is 0 Å². The van der Waals surface area contributed by atoms with Crippen LogP contribution in [0.2, 0.25) is 0 Å². The molecule has 0 amide bonds. The monoisotopic (exact) mass is 263 g/mol. The number of carbonyl (C=O) groups is 1. The molecule has 94 valence electrons. The van der Waals surface area contributed by atoms with Crippen molar-refractivity contribution in [3.8, 4) is 0 Å². The van der Waals surface area contributed by atoms with E-state index in [0.717, 1.165) is 16.3 Å². The summed E-state index contributed by atoms with van der Waals surface area (Å²) < 4.78 is 1.38. The molecular weight excluding hydrogens is 250 g/mol. The predicted molar refractivity (Wildman–Crippen MR) is 69.9 cm³/mol. The minimum absolute atomic E-state index is 0.369. The van der Waals surface area contributed by atoms with Crippen LogP contribution in [0.25, 0.3) is 0 Å². The Balaban J connectivity index is 1.99. The zero-order chi connectivity index (χ0) is 13.0. The van der Waals surface area contributed by atoms with E-state index in [0.29, 0.717) is 5.75 Å². The Hall–Kier alpha value is -1.95. The van der Waals surface area contributed by atoms with Gasteiger partial charge in [0.1, 0.15) is 6.33 Å². The number of aromatic nitrogens is 2. The van der Waals surface area contributed by atoms with E-state index in [1.807, 2.05) is 24.3 Å². The lowest BCUT2D eigenvalue weighted by Crippen LogP contribution is -2.17. The first-order valence-electron chi connectivity index (χ1n) is 5.33. The van der Waals surface area contributed by atoms with Crippen LogP contribution in [-0.2, 0) is 10.5 Å². The van der Waals surface area contributed by atoms with Crippen LogP contribution < -0.4 is 10.6 Å². The van der Waals surface area contributed by atoms with Crippen molar-refractivity contribution in [2.45, 2.75) is 17.6 Å². The summed E-state index contributed by atoms with van der Waals surface area (Å²) in [4.78, 5) is 20.9. The molecule has 2 aromatic rings. The van der Waals surface area contributed by atoms with Gasteiger partial charge in [-0.2, -0.15) is 4.73 Å². The number of rotatable bonds is 4. The van der Waals surface area contributed by atoms with Gasteiger partial charge in [-0.25, -0.2) is 9.78 Å². The third-order valence-electron chi connectivity index (χ3n) is 2.17. The molecule has 18 heavy (non-hydrogen) atoms. The summed E-state index contributed by atoms with van der Waals surface area (Å²) in [7, 11) is 0. The fourth-order valence-electron chi connectivity index (χ4n) is 1.35. The number of nitrogen functional groups attached to an aromatic ring is 1. The largest absolute Gasteiger partial charge is 0.399 e. The molecule has 0 radical (unpaired) electrons. The van der Waals surface area contributed by atoms with Crippen LogP contribution in [0.5, 0.6) is 0 Å². The number of hydrogen-bond acceptors (Lipinski definition) is 5. The molecular formula is C12H13N3O2S. The first kappa shape index (κ1) is 12.5. The molecule has 0 saturated carbocycles. The molecule has 1 heterocycles. The lowest BCUT2D eigenvalue weighted by molar-refractivity contribution is -0.141. The van der Waals surface area contributed by atoms with Gasteiger partial charge in [0.05, 0.1) is 11.9 Å². The molecule has 0 aliphatic heterocycles. The van der Waals surface area contributed by atoms with E-state index in [1.54, 1.807) is 18.0 Å². The van der Waals surface area contributed by atoms with Crippen LogP contribution >= 0.6 is 11.8 Å². The van der Waals surface area contributed by atoms with Gasteiger partial charge in [0, 0.05) is 23.3 Å². The lowest BCUT2D eigenvalue weighted by Gasteiger charge is -2.06. The molecule has 2 N–H and O–H groups in total. The molecule has 1 aromatic heterocycles. The van der Waals surface area contributed by atoms with E-state index in [2.05, 4.69) is 4.98 Å². The van der Waals surface area contributed by atoms with Crippen molar-refractivity contribution in [2.75, 3.05) is 5.73 Å². The molecule has 5 nitrogen and oxygen atoms in total. The van der Waals surface area contributed by atoms with E-state index in [-0.39, 0.29) is 5.97 Å². The van der Waals surface area contributed by atoms with E-state index >= 15 is 0 Å². The fourth-order valence-corrected chi connectivity index (χ4v) is 2.20. The minimum Gasteiger partial charge on any atom is -0.399 e. The Labute approximate surface area is 109 Å². The summed E-state index contributed by atoms with van der Waals surface area (Å²) in [5.74, 6) is 0.295. The lowest BCUT2D eigenvalue weighted by atomic mass is 10.3. The number of benzene rings is 1. The highest BCUT2D eigenvalue weighted by atomic mass is 32.2. The summed E-state index contributed by atoms with van der Waals surface area (Å²) in [5, 5.41) is 0. The Morgan fingerprint density at radius 3 is 2.83 bits per heavy atom. The predicted octanol–water partition coefficient (Wildman–Crippen LogP) is 1.73. The van der Waals surface area contributed by atoms with Crippen molar-refractivity contribution in [2.24, 2.45) is 0 Å². The summed E-state index contributed by atoms with van der Waals surface area (Å²) in [5.41, 5.74) is 7.18. The third-order valence-corrected chi connectivity index (χ3v) is 3.22. The maximum atomic E-state index is 10.9. The number of carbonyl (C=O) groups excluding carboxylic acids is 1. The Morgan fingerprint density at radius 2 is 2.17 bits per heavy atom. The highest BCUT2D eigenvalue weighted by molar-refractivity contribution is 7.98. The first-order valence-corrected chi connectivity index (χ1v) is 6.32. The average molecular weight is 263 g/mol. The third kappa shape index (κ3) is 3.27. The maximum absolute atomic E-state index is 10.9. The van der Waals surface area contributed by atoms with Gasteiger partial charge in [-0.15, -0.1) is 11.8 Å². The molecule has 0 fully saturated rings. The van der Waals surface area contributed by atoms with Crippen molar-refractivity contribution in [1.29, 1.82) is 0 Å². The van der Waals surface area contributed by atoms with Crippen molar-refractivity contribution in [1.82, 2.24) is 9.71 Å². The molecule has 0 atom stereocenters. The van der Waals surface area contributed by atoms with Gasteiger partial charge < -0.3 is 10.6 Å². The second-order valence-electron chi connectivity index (χ2n) is 3.65. The number of nitrogens with two attached hydrogens (primary N) is 1. The summed E-state index contributed by atoms with van der Waals surface area (Å²) in [6, 6.07) is 7.61. The summed E-state index contributed by atoms with van der Waals surface area (Å²) in [6.07, 6.45) is 3.15. The van der Waals surface area contributed by atoms with Gasteiger partial charge in [0.25, 0.3) is 0 Å². The quantitative estimate of drug-likeness (QED) is 0.672. The van der Waals surface area contributed by atoms with Crippen LogP contribution in [0, 0.1) is 0 Å². The smallest absolute Gasteiger partial charge is 0.329 e. The number of nitrogens with zero attached hydrogens (tertiary/aromatic N) is 2. The first-order chi connectivity index (χ1) is 8.65. The fraction of sp³-hybridized carbons (Fsp3) is 0.167. The van der Waals surface area contributed by atoms with Crippen molar-refractivity contribution < 1.29 is 9.63 Å². The highest BCUT2D eigenvalue weighted by Crippen LogP contribution is 2.23. The number of imidazole rings is 1. The molecule has 0 aliphatic carbocycles. The van der Waals surface area contributed by atoms with E-state index in [4.69, 9.17) is 10.6 Å². The van der Waals surface area contributed by atoms with Crippen LogP contribution in [0.4, 0.5) is 5.69 Å². The van der Waals surface area contributed by atoms with Gasteiger partial charge >= 0.3 is 5.97 Å². The molecule has 0 unspecified atom stereocenters. The average Bonchev–Trinajstić information content (AvgIpc) is 2.75. The Bertz CT molecular complexity index is 537. The standard InChI is InChI=1S/C12H13N3O2S/c1-9(16)17-15-8-14-6-11(15)7-18-12-4-2-10(13)3-5-12/h2-6,8H,7,13H2,1H3. The van der Waals surface area contributed by atoms with Crippen LogP contribution in [0.3, 0.4) is 0 Å². The van der Waals surface area contributed by atoms with Crippen LogP contribution in [-0.4, -0.2) is 15.7 Å². The molecule has 1 aromatic carbocycles. The molecule has 2 rings (SSSR count). The van der Waals surface area contributed by atoms with Crippen molar-refractivity contribution >= 4 is 23.4 Å². The van der Waals surface area contributed by atoms with Gasteiger partial charge in [0.15, 0.2) is 0 Å². The molecule has 0 aliphatic rings. The van der Waals surface area contributed by atoms with E-state index in [9.17, 15) is 4.79 Å². The zero-order valence-electron chi connectivity index (χ0n) is 9.87. The second kappa shape index (κ2) is 5.59. The van der Waals surface area contributed by atoms with E-state index in [1.165, 1.54) is 18.0 Å². The van der Waals surface area contributed by atoms with Crippen molar-refractivity contribution in [3.63, 3.8) is 0 Å². The number of thioether (sulfide) groups is 1. The van der Waals surface area contributed by atoms with Crippen LogP contribution in [0.1, 0.15) is 12.6 Å². The molecule has 0 bridgehead atoms. The van der Waals surface area contributed by atoms with E-state index < -0.39 is 0 Å². The normalized spacial score (nSPS) is 10.3. The zero-order valence-corrected chi connectivity index (χ0v) is 10.7. The highest BCUT2D eigenvalue weighted by Gasteiger charge is 2.05. The topological polar surface area (TPSA) is 70.1 Å². The minimum atomic E-state index is -0.369. The van der Waals surface area contributed by atoms with Crippen molar-refractivity contribution in [3.05, 3.63) is 42.5 Å².